The highest BCUT2D eigenvalue weighted by Gasteiger charge is 2.08. The van der Waals surface area contributed by atoms with Crippen LogP contribution in [-0.4, -0.2) is 4.98 Å². The summed E-state index contributed by atoms with van der Waals surface area (Å²) in [6, 6.07) is 34.7. The first-order chi connectivity index (χ1) is 13.8. The smallest absolute Gasteiger partial charge is 0.227 e. The van der Waals surface area contributed by atoms with E-state index in [0.717, 1.165) is 28.0 Å². The standard InChI is InChI=1S/C25H18N2O/c1-2-7-18(8-3-1)19-13-15-21(16-14-19)26-22-10-6-9-20(17-22)25-27-23-11-4-5-12-24(23)28-25/h1-17,26H. The Morgan fingerprint density at radius 1 is 0.571 bits per heavy atom. The summed E-state index contributed by atoms with van der Waals surface area (Å²) in [5.41, 5.74) is 7.06. The Morgan fingerprint density at radius 2 is 1.29 bits per heavy atom. The predicted octanol–water partition coefficient (Wildman–Crippen LogP) is 6.91. The second-order valence-corrected chi connectivity index (χ2v) is 6.64. The van der Waals surface area contributed by atoms with Crippen LogP contribution in [0.4, 0.5) is 11.4 Å². The van der Waals surface area contributed by atoms with Gasteiger partial charge in [0, 0.05) is 16.9 Å². The molecule has 4 aromatic carbocycles. The third kappa shape index (κ3) is 3.26. The molecule has 0 saturated heterocycles. The highest BCUT2D eigenvalue weighted by molar-refractivity contribution is 5.77. The van der Waals surface area contributed by atoms with E-state index < -0.39 is 0 Å². The zero-order chi connectivity index (χ0) is 18.8. The van der Waals surface area contributed by atoms with Gasteiger partial charge in [-0.05, 0) is 53.6 Å². The van der Waals surface area contributed by atoms with Crippen LogP contribution in [-0.2, 0) is 0 Å². The molecule has 1 N–H and O–H groups in total. The molecular weight excluding hydrogens is 344 g/mol. The lowest BCUT2D eigenvalue weighted by molar-refractivity contribution is 0.620. The number of hydrogen-bond donors (Lipinski definition) is 1. The van der Waals surface area contributed by atoms with Gasteiger partial charge in [-0.2, -0.15) is 0 Å². The Balaban J connectivity index is 1.39. The Hall–Kier alpha value is -3.85. The summed E-state index contributed by atoms with van der Waals surface area (Å²) in [5, 5.41) is 3.46. The fourth-order valence-electron chi connectivity index (χ4n) is 3.27. The van der Waals surface area contributed by atoms with E-state index >= 15 is 0 Å². The van der Waals surface area contributed by atoms with Crippen LogP contribution < -0.4 is 5.32 Å². The van der Waals surface area contributed by atoms with Gasteiger partial charge in [0.1, 0.15) is 5.52 Å². The number of para-hydroxylation sites is 2. The summed E-state index contributed by atoms with van der Waals surface area (Å²) in [7, 11) is 0. The zero-order valence-corrected chi connectivity index (χ0v) is 15.2. The third-order valence-electron chi connectivity index (χ3n) is 4.68. The monoisotopic (exact) mass is 362 g/mol. The fraction of sp³-hybridized carbons (Fsp3) is 0. The number of hydrogen-bond acceptors (Lipinski definition) is 3. The van der Waals surface area contributed by atoms with Gasteiger partial charge in [-0.25, -0.2) is 4.98 Å². The number of oxazole rings is 1. The molecule has 1 aromatic heterocycles. The van der Waals surface area contributed by atoms with Crippen molar-refractivity contribution < 1.29 is 4.42 Å². The van der Waals surface area contributed by atoms with E-state index in [1.165, 1.54) is 11.1 Å². The normalized spacial score (nSPS) is 10.9. The van der Waals surface area contributed by atoms with Crippen LogP contribution in [0.2, 0.25) is 0 Å². The molecule has 0 atom stereocenters. The van der Waals surface area contributed by atoms with Crippen LogP contribution in [0, 0.1) is 0 Å². The number of anilines is 2. The second-order valence-electron chi connectivity index (χ2n) is 6.64. The van der Waals surface area contributed by atoms with Gasteiger partial charge < -0.3 is 9.73 Å². The van der Waals surface area contributed by atoms with Crippen molar-refractivity contribution in [3.8, 4) is 22.6 Å². The molecule has 0 fully saturated rings. The van der Waals surface area contributed by atoms with Crippen LogP contribution in [0.3, 0.4) is 0 Å². The minimum atomic E-state index is 0.629. The van der Waals surface area contributed by atoms with Crippen molar-refractivity contribution in [2.45, 2.75) is 0 Å². The Morgan fingerprint density at radius 3 is 2.11 bits per heavy atom. The van der Waals surface area contributed by atoms with E-state index in [0.29, 0.717) is 5.89 Å². The van der Waals surface area contributed by atoms with Crippen molar-refractivity contribution in [3.05, 3.63) is 103 Å². The van der Waals surface area contributed by atoms with Crippen molar-refractivity contribution in [2.75, 3.05) is 5.32 Å². The van der Waals surface area contributed by atoms with Crippen LogP contribution >= 0.6 is 0 Å². The summed E-state index contributed by atoms with van der Waals surface area (Å²) in [6.45, 7) is 0. The van der Waals surface area contributed by atoms with Crippen molar-refractivity contribution in [1.29, 1.82) is 0 Å². The van der Waals surface area contributed by atoms with Gasteiger partial charge in [-0.1, -0.05) is 60.7 Å². The topological polar surface area (TPSA) is 38.1 Å². The van der Waals surface area contributed by atoms with Gasteiger partial charge >= 0.3 is 0 Å². The predicted molar refractivity (Wildman–Crippen MR) is 115 cm³/mol. The van der Waals surface area contributed by atoms with E-state index in [1.54, 1.807) is 0 Å². The summed E-state index contributed by atoms with van der Waals surface area (Å²) >= 11 is 0. The maximum atomic E-state index is 5.89. The minimum absolute atomic E-state index is 0.629. The van der Waals surface area contributed by atoms with E-state index in [-0.39, 0.29) is 0 Å². The summed E-state index contributed by atoms with van der Waals surface area (Å²) < 4.78 is 5.89. The molecule has 5 aromatic rings. The van der Waals surface area contributed by atoms with Gasteiger partial charge in [-0.3, -0.25) is 0 Å². The molecule has 0 unspecified atom stereocenters. The average molecular weight is 362 g/mol. The average Bonchev–Trinajstić information content (AvgIpc) is 3.20. The first-order valence-electron chi connectivity index (χ1n) is 9.24. The SMILES string of the molecule is c1ccc(-c2ccc(Nc3cccc(-c4nc5ccccc5o4)c3)cc2)cc1. The molecule has 0 radical (unpaired) electrons. The summed E-state index contributed by atoms with van der Waals surface area (Å²) in [5.74, 6) is 0.629. The molecule has 1 heterocycles. The minimum Gasteiger partial charge on any atom is -0.436 e. The largest absolute Gasteiger partial charge is 0.436 e. The zero-order valence-electron chi connectivity index (χ0n) is 15.2. The molecular formula is C25H18N2O. The van der Waals surface area contributed by atoms with E-state index in [1.807, 2.05) is 48.5 Å². The van der Waals surface area contributed by atoms with Crippen molar-refractivity contribution in [1.82, 2.24) is 4.98 Å². The lowest BCUT2D eigenvalue weighted by Crippen LogP contribution is -1.90. The maximum Gasteiger partial charge on any atom is 0.227 e. The van der Waals surface area contributed by atoms with Crippen molar-refractivity contribution in [2.24, 2.45) is 0 Å². The Kier molecular flexibility index (Phi) is 4.11. The number of rotatable bonds is 4. The van der Waals surface area contributed by atoms with Crippen molar-refractivity contribution >= 4 is 22.5 Å². The molecule has 0 aliphatic carbocycles. The lowest BCUT2D eigenvalue weighted by Gasteiger charge is -2.09. The second kappa shape index (κ2) is 7.05. The number of aromatic nitrogens is 1. The van der Waals surface area contributed by atoms with Crippen molar-refractivity contribution in [3.63, 3.8) is 0 Å². The molecule has 0 bridgehead atoms. The highest BCUT2D eigenvalue weighted by atomic mass is 16.3. The fourth-order valence-corrected chi connectivity index (χ4v) is 3.27. The first-order valence-corrected chi connectivity index (χ1v) is 9.24. The molecule has 0 aliphatic rings. The van der Waals surface area contributed by atoms with Crippen LogP contribution in [0.1, 0.15) is 0 Å². The van der Waals surface area contributed by atoms with E-state index in [9.17, 15) is 0 Å². The molecule has 0 saturated carbocycles. The molecule has 0 aliphatic heterocycles. The molecule has 134 valence electrons. The Bertz CT molecular complexity index is 1190. The molecule has 3 heteroatoms. The van der Waals surface area contributed by atoms with E-state index in [2.05, 4.69) is 64.9 Å². The maximum absolute atomic E-state index is 5.89. The van der Waals surface area contributed by atoms with Gasteiger partial charge in [0.25, 0.3) is 0 Å². The lowest BCUT2D eigenvalue weighted by atomic mass is 10.1. The highest BCUT2D eigenvalue weighted by Crippen LogP contribution is 2.28. The van der Waals surface area contributed by atoms with Gasteiger partial charge in [0.15, 0.2) is 5.58 Å². The number of nitrogens with zero attached hydrogens (tertiary/aromatic N) is 1. The van der Waals surface area contributed by atoms with Gasteiger partial charge in [0.05, 0.1) is 0 Å². The van der Waals surface area contributed by atoms with Crippen LogP contribution in [0.25, 0.3) is 33.7 Å². The summed E-state index contributed by atoms with van der Waals surface area (Å²) in [6.07, 6.45) is 0. The van der Waals surface area contributed by atoms with Crippen LogP contribution in [0.5, 0.6) is 0 Å². The molecule has 28 heavy (non-hydrogen) atoms. The number of benzene rings is 4. The number of nitrogens with one attached hydrogen (secondary N) is 1. The summed E-state index contributed by atoms with van der Waals surface area (Å²) in [4.78, 5) is 4.58. The molecule has 0 amide bonds. The van der Waals surface area contributed by atoms with E-state index in [4.69, 9.17) is 4.42 Å². The Labute approximate surface area is 163 Å². The quantitative estimate of drug-likeness (QED) is 0.378. The molecule has 3 nitrogen and oxygen atoms in total. The third-order valence-corrected chi connectivity index (χ3v) is 4.68. The van der Waals surface area contributed by atoms with Crippen LogP contribution in [0.15, 0.2) is 108 Å². The van der Waals surface area contributed by atoms with Gasteiger partial charge in [-0.15, -0.1) is 0 Å². The molecule has 5 rings (SSSR count). The molecule has 0 spiro atoms. The van der Waals surface area contributed by atoms with Gasteiger partial charge in [0.2, 0.25) is 5.89 Å². The number of fused-ring (bicyclic) bond motifs is 1. The first kappa shape index (κ1) is 16.3.